The van der Waals surface area contributed by atoms with Crippen LogP contribution in [-0.4, -0.2) is 25.8 Å². The number of aryl methyl sites for hydroxylation is 2. The van der Waals surface area contributed by atoms with Crippen LogP contribution in [0.5, 0.6) is 0 Å². The number of nitrogens with zero attached hydrogens (tertiary/aromatic N) is 3. The Morgan fingerprint density at radius 1 is 1.04 bits per heavy atom. The lowest BCUT2D eigenvalue weighted by Gasteiger charge is -2.04. The van der Waals surface area contributed by atoms with Crippen LogP contribution < -0.4 is 0 Å². The van der Waals surface area contributed by atoms with E-state index in [9.17, 15) is 4.79 Å². The van der Waals surface area contributed by atoms with Crippen LogP contribution in [0, 0.1) is 0 Å². The molecule has 0 unspecified atom stereocenters. The predicted molar refractivity (Wildman–Crippen MR) is 110 cm³/mol. The van der Waals surface area contributed by atoms with Gasteiger partial charge in [0.25, 0.3) is 0 Å². The molecule has 0 spiro atoms. The highest BCUT2D eigenvalue weighted by Crippen LogP contribution is 2.24. The zero-order chi connectivity index (χ0) is 19.3. The van der Waals surface area contributed by atoms with Gasteiger partial charge in [0.2, 0.25) is 0 Å². The molecule has 2 heterocycles. The van der Waals surface area contributed by atoms with Gasteiger partial charge in [-0.1, -0.05) is 48.5 Å². The number of carboxylic acid groups (broad SMARTS) is 1. The molecule has 0 aliphatic rings. The average molecular weight is 389 g/mol. The third kappa shape index (κ3) is 4.35. The van der Waals surface area contributed by atoms with Gasteiger partial charge in [-0.05, 0) is 30.0 Å². The van der Waals surface area contributed by atoms with Gasteiger partial charge < -0.3 is 5.11 Å². The normalized spacial score (nSPS) is 10.9. The Hall–Kier alpha value is -3.25. The van der Waals surface area contributed by atoms with E-state index < -0.39 is 5.97 Å². The van der Waals surface area contributed by atoms with E-state index in [1.807, 2.05) is 11.4 Å². The highest BCUT2D eigenvalue weighted by atomic mass is 32.1. The Bertz CT molecular complexity index is 1090. The molecule has 1 N–H and O–H groups in total. The van der Waals surface area contributed by atoms with Gasteiger partial charge in [0.15, 0.2) is 0 Å². The standard InChI is InChI=1S/C22H19N3O2S/c26-22(27)19-12-23-25(13-19)14-21-24-20(15-28-21)18-8-4-7-17(11-18)10-9-16-5-2-1-3-6-16/h1-8,11-13,15H,9-10,14H2,(H,26,27). The zero-order valence-electron chi connectivity index (χ0n) is 15.2. The molecule has 0 bridgehead atoms. The fraction of sp³-hybridized carbons (Fsp3) is 0.136. The zero-order valence-corrected chi connectivity index (χ0v) is 16.0. The number of benzene rings is 2. The lowest BCUT2D eigenvalue weighted by Crippen LogP contribution is -2.00. The quantitative estimate of drug-likeness (QED) is 0.504. The van der Waals surface area contributed by atoms with E-state index in [2.05, 4.69) is 53.6 Å². The van der Waals surface area contributed by atoms with Crippen molar-refractivity contribution in [3.05, 3.63) is 94.1 Å². The van der Waals surface area contributed by atoms with Crippen molar-refractivity contribution in [2.45, 2.75) is 19.4 Å². The van der Waals surface area contributed by atoms with Crippen LogP contribution >= 0.6 is 11.3 Å². The van der Waals surface area contributed by atoms with Crippen LogP contribution in [0.1, 0.15) is 26.5 Å². The van der Waals surface area contributed by atoms with Crippen LogP contribution in [0.3, 0.4) is 0 Å². The van der Waals surface area contributed by atoms with Crippen molar-refractivity contribution in [3.8, 4) is 11.3 Å². The molecule has 4 aromatic rings. The summed E-state index contributed by atoms with van der Waals surface area (Å²) < 4.78 is 1.60. The first-order valence-electron chi connectivity index (χ1n) is 9.01. The number of aromatic nitrogens is 3. The SMILES string of the molecule is O=C(O)c1cnn(Cc2nc(-c3cccc(CCc4ccccc4)c3)cs2)c1. The Morgan fingerprint density at radius 2 is 1.82 bits per heavy atom. The molecule has 0 amide bonds. The molecular weight excluding hydrogens is 370 g/mol. The summed E-state index contributed by atoms with van der Waals surface area (Å²) in [7, 11) is 0. The summed E-state index contributed by atoms with van der Waals surface area (Å²) in [6, 6.07) is 19.0. The summed E-state index contributed by atoms with van der Waals surface area (Å²) in [4.78, 5) is 15.7. The molecule has 0 saturated carbocycles. The van der Waals surface area contributed by atoms with E-state index in [0.29, 0.717) is 6.54 Å². The van der Waals surface area contributed by atoms with Crippen LogP contribution in [-0.2, 0) is 19.4 Å². The smallest absolute Gasteiger partial charge is 0.338 e. The van der Waals surface area contributed by atoms with Crippen LogP contribution in [0.15, 0.2) is 72.4 Å². The minimum Gasteiger partial charge on any atom is -0.478 e. The van der Waals surface area contributed by atoms with Gasteiger partial charge >= 0.3 is 5.97 Å². The van der Waals surface area contributed by atoms with Gasteiger partial charge in [0.1, 0.15) is 5.01 Å². The highest BCUT2D eigenvalue weighted by Gasteiger charge is 2.09. The first-order valence-corrected chi connectivity index (χ1v) is 9.89. The van der Waals surface area contributed by atoms with E-state index in [0.717, 1.165) is 29.1 Å². The molecule has 5 nitrogen and oxygen atoms in total. The van der Waals surface area contributed by atoms with Gasteiger partial charge in [-0.3, -0.25) is 4.68 Å². The maximum absolute atomic E-state index is 11.0. The minimum atomic E-state index is -0.974. The lowest BCUT2D eigenvalue weighted by atomic mass is 10.0. The average Bonchev–Trinajstić information content (AvgIpc) is 3.38. The molecule has 28 heavy (non-hydrogen) atoms. The number of thiazole rings is 1. The summed E-state index contributed by atoms with van der Waals surface area (Å²) >= 11 is 1.55. The number of hydrogen-bond donors (Lipinski definition) is 1. The number of aromatic carboxylic acids is 1. The topological polar surface area (TPSA) is 68.0 Å². The molecule has 2 aromatic carbocycles. The second-order valence-electron chi connectivity index (χ2n) is 6.54. The van der Waals surface area contributed by atoms with Crippen molar-refractivity contribution in [2.75, 3.05) is 0 Å². The summed E-state index contributed by atoms with van der Waals surface area (Å²) in [5.74, 6) is -0.974. The third-order valence-electron chi connectivity index (χ3n) is 4.50. The maximum Gasteiger partial charge on any atom is 0.338 e. The van der Waals surface area contributed by atoms with Crippen molar-refractivity contribution < 1.29 is 9.90 Å². The fourth-order valence-electron chi connectivity index (χ4n) is 3.03. The lowest BCUT2D eigenvalue weighted by molar-refractivity contribution is 0.0697. The van der Waals surface area contributed by atoms with Crippen molar-refractivity contribution >= 4 is 17.3 Å². The minimum absolute atomic E-state index is 0.183. The molecular formula is C22H19N3O2S. The largest absolute Gasteiger partial charge is 0.478 e. The number of carboxylic acids is 1. The second-order valence-corrected chi connectivity index (χ2v) is 7.49. The van der Waals surface area contributed by atoms with Crippen molar-refractivity contribution in [2.24, 2.45) is 0 Å². The van der Waals surface area contributed by atoms with E-state index in [-0.39, 0.29) is 5.56 Å². The Balaban J connectivity index is 1.45. The van der Waals surface area contributed by atoms with Crippen LogP contribution in [0.2, 0.25) is 0 Å². The summed E-state index contributed by atoms with van der Waals surface area (Å²) in [6.07, 6.45) is 4.87. The maximum atomic E-state index is 11.0. The van der Waals surface area contributed by atoms with Gasteiger partial charge in [0.05, 0.1) is 24.0 Å². The Morgan fingerprint density at radius 3 is 2.61 bits per heavy atom. The van der Waals surface area contributed by atoms with Crippen molar-refractivity contribution in [3.63, 3.8) is 0 Å². The van der Waals surface area contributed by atoms with E-state index in [1.54, 1.807) is 16.0 Å². The van der Waals surface area contributed by atoms with E-state index in [1.165, 1.54) is 23.5 Å². The number of hydrogen-bond acceptors (Lipinski definition) is 4. The Labute approximate surface area is 166 Å². The summed E-state index contributed by atoms with van der Waals surface area (Å²) in [6.45, 7) is 0.464. The monoisotopic (exact) mass is 389 g/mol. The molecule has 0 atom stereocenters. The predicted octanol–water partition coefficient (Wildman–Crippen LogP) is 4.54. The molecule has 0 fully saturated rings. The van der Waals surface area contributed by atoms with Crippen molar-refractivity contribution in [1.29, 1.82) is 0 Å². The first kappa shape index (κ1) is 18.1. The fourth-order valence-corrected chi connectivity index (χ4v) is 3.83. The van der Waals surface area contributed by atoms with E-state index >= 15 is 0 Å². The molecule has 6 heteroatoms. The molecule has 0 aliphatic heterocycles. The second kappa shape index (κ2) is 8.19. The van der Waals surface area contributed by atoms with Gasteiger partial charge in [0, 0.05) is 17.1 Å². The molecule has 2 aromatic heterocycles. The summed E-state index contributed by atoms with van der Waals surface area (Å²) in [5.41, 5.74) is 4.84. The number of carbonyl (C=O) groups is 1. The highest BCUT2D eigenvalue weighted by molar-refractivity contribution is 7.09. The van der Waals surface area contributed by atoms with Gasteiger partial charge in [-0.25, -0.2) is 9.78 Å². The molecule has 4 rings (SSSR count). The third-order valence-corrected chi connectivity index (χ3v) is 5.33. The van der Waals surface area contributed by atoms with Gasteiger partial charge in [-0.2, -0.15) is 5.10 Å². The van der Waals surface area contributed by atoms with Crippen molar-refractivity contribution in [1.82, 2.24) is 14.8 Å². The summed E-state index contributed by atoms with van der Waals surface area (Å²) in [5, 5.41) is 16.0. The van der Waals surface area contributed by atoms with Gasteiger partial charge in [-0.15, -0.1) is 11.3 Å². The molecule has 0 radical (unpaired) electrons. The van der Waals surface area contributed by atoms with E-state index in [4.69, 9.17) is 10.1 Å². The van der Waals surface area contributed by atoms with Crippen LogP contribution in [0.4, 0.5) is 0 Å². The first-order chi connectivity index (χ1) is 13.7. The molecule has 0 saturated heterocycles. The number of rotatable bonds is 7. The molecule has 140 valence electrons. The Kier molecular flexibility index (Phi) is 5.30. The molecule has 0 aliphatic carbocycles. The van der Waals surface area contributed by atoms with Crippen LogP contribution in [0.25, 0.3) is 11.3 Å².